The number of halogens is 2. The molecule has 1 aliphatic heterocycles. The molecule has 2 aromatic rings. The van der Waals surface area contributed by atoms with E-state index < -0.39 is 0 Å². The summed E-state index contributed by atoms with van der Waals surface area (Å²) in [6.07, 6.45) is 2.03. The average molecular weight is 406 g/mol. The quantitative estimate of drug-likeness (QED) is 0.728. The van der Waals surface area contributed by atoms with Gasteiger partial charge in [-0.15, -0.1) is 11.8 Å². The number of unbranched alkanes of at least 4 members (excludes halogenated alkanes) is 1. The molecule has 28 heavy (non-hydrogen) atoms. The first-order valence-corrected chi connectivity index (χ1v) is 10.9. The van der Waals surface area contributed by atoms with Crippen molar-refractivity contribution in [2.45, 2.75) is 31.7 Å². The number of hydrogen-bond acceptors (Lipinski definition) is 2. The third-order valence-electron chi connectivity index (χ3n) is 5.05. The van der Waals surface area contributed by atoms with Crippen LogP contribution in [0.25, 0.3) is 0 Å². The van der Waals surface area contributed by atoms with Crippen LogP contribution in [0, 0.1) is 11.6 Å². The minimum atomic E-state index is -0.273. The Bertz CT molecular complexity index is 784. The Kier molecular flexibility index (Phi) is 7.45. The lowest BCUT2D eigenvalue weighted by Gasteiger charge is -2.27. The van der Waals surface area contributed by atoms with Crippen LogP contribution in [-0.2, 0) is 11.3 Å². The van der Waals surface area contributed by atoms with Crippen molar-refractivity contribution in [1.29, 1.82) is 0 Å². The van der Waals surface area contributed by atoms with E-state index in [-0.39, 0.29) is 22.9 Å². The SMILES string of the molecule is CCCC[NH+](CC(=O)N1CCS[C@@H]1c1ccc(F)cc1)Cc1ccccc1F. The van der Waals surface area contributed by atoms with Crippen LogP contribution in [0.5, 0.6) is 0 Å². The number of nitrogens with zero attached hydrogens (tertiary/aromatic N) is 1. The first kappa shape index (κ1) is 20.8. The van der Waals surface area contributed by atoms with E-state index in [1.165, 1.54) is 18.2 Å². The normalized spacial score (nSPS) is 17.7. The maximum Gasteiger partial charge on any atom is 0.278 e. The van der Waals surface area contributed by atoms with E-state index in [0.717, 1.165) is 35.6 Å². The van der Waals surface area contributed by atoms with Crippen LogP contribution < -0.4 is 4.90 Å². The number of carbonyl (C=O) groups is 1. The van der Waals surface area contributed by atoms with Gasteiger partial charge in [0.2, 0.25) is 0 Å². The molecule has 0 saturated carbocycles. The van der Waals surface area contributed by atoms with Crippen LogP contribution >= 0.6 is 11.8 Å². The number of rotatable bonds is 8. The first-order valence-electron chi connectivity index (χ1n) is 9.82. The molecule has 1 heterocycles. The van der Waals surface area contributed by atoms with E-state index in [2.05, 4.69) is 6.92 Å². The first-order chi connectivity index (χ1) is 13.6. The molecule has 1 aliphatic rings. The van der Waals surface area contributed by atoms with Crippen molar-refractivity contribution in [2.75, 3.05) is 25.4 Å². The van der Waals surface area contributed by atoms with Gasteiger partial charge in [-0.2, -0.15) is 0 Å². The molecule has 1 saturated heterocycles. The minimum absolute atomic E-state index is 0.0711. The zero-order chi connectivity index (χ0) is 19.9. The van der Waals surface area contributed by atoms with Crippen molar-refractivity contribution >= 4 is 17.7 Å². The topological polar surface area (TPSA) is 24.8 Å². The summed E-state index contributed by atoms with van der Waals surface area (Å²) in [5.74, 6) is 0.446. The fourth-order valence-electron chi connectivity index (χ4n) is 3.52. The Balaban J connectivity index is 1.69. The molecule has 6 heteroatoms. The third-order valence-corrected chi connectivity index (χ3v) is 6.31. The van der Waals surface area contributed by atoms with Gasteiger partial charge in [-0.05, 0) is 30.2 Å². The summed E-state index contributed by atoms with van der Waals surface area (Å²) in [7, 11) is 0. The molecule has 1 N–H and O–H groups in total. The van der Waals surface area contributed by atoms with E-state index in [0.29, 0.717) is 25.2 Å². The van der Waals surface area contributed by atoms with Gasteiger partial charge >= 0.3 is 0 Å². The summed E-state index contributed by atoms with van der Waals surface area (Å²) in [6.45, 7) is 4.47. The number of quaternary nitrogens is 1. The second-order valence-corrected chi connectivity index (χ2v) is 8.35. The van der Waals surface area contributed by atoms with Gasteiger partial charge in [0, 0.05) is 17.9 Å². The predicted octanol–water partition coefficient (Wildman–Crippen LogP) is 3.42. The standard InChI is InChI=1S/C22H26F2N2OS/c1-2-3-12-25(15-18-6-4-5-7-20(18)24)16-21(27)26-13-14-28-22(26)17-8-10-19(23)11-9-17/h4-11,22H,2-3,12-16H2,1H3/p+1/t22-/m1/s1. The molecular formula is C22H27F2N2OS+. The van der Waals surface area contributed by atoms with Gasteiger partial charge in [0.1, 0.15) is 23.6 Å². The zero-order valence-corrected chi connectivity index (χ0v) is 17.0. The summed E-state index contributed by atoms with van der Waals surface area (Å²) in [4.78, 5) is 16.0. The molecule has 2 atom stereocenters. The summed E-state index contributed by atoms with van der Waals surface area (Å²) in [5, 5.41) is -0.0750. The minimum Gasteiger partial charge on any atom is -0.323 e. The van der Waals surface area contributed by atoms with Crippen LogP contribution in [0.1, 0.15) is 36.3 Å². The van der Waals surface area contributed by atoms with Gasteiger partial charge < -0.3 is 9.80 Å². The highest BCUT2D eigenvalue weighted by Crippen LogP contribution is 2.37. The molecule has 0 spiro atoms. The maximum absolute atomic E-state index is 14.1. The third kappa shape index (κ3) is 5.32. The van der Waals surface area contributed by atoms with E-state index in [1.807, 2.05) is 11.0 Å². The summed E-state index contributed by atoms with van der Waals surface area (Å²) < 4.78 is 27.3. The number of carbonyl (C=O) groups excluding carboxylic acids is 1. The molecule has 2 aromatic carbocycles. The molecule has 0 radical (unpaired) electrons. The van der Waals surface area contributed by atoms with Gasteiger partial charge in [-0.3, -0.25) is 4.79 Å². The number of nitrogens with one attached hydrogen (secondary N) is 1. The fourth-order valence-corrected chi connectivity index (χ4v) is 4.80. The lowest BCUT2D eigenvalue weighted by molar-refractivity contribution is -0.906. The van der Waals surface area contributed by atoms with Crippen molar-refractivity contribution in [2.24, 2.45) is 0 Å². The molecule has 0 bridgehead atoms. The summed E-state index contributed by atoms with van der Waals surface area (Å²) in [6, 6.07) is 13.2. The second kappa shape index (κ2) is 10.0. The molecule has 3 rings (SSSR count). The number of thioether (sulfide) groups is 1. The molecule has 0 aliphatic carbocycles. The van der Waals surface area contributed by atoms with Crippen LogP contribution in [0.2, 0.25) is 0 Å². The number of amides is 1. The van der Waals surface area contributed by atoms with Gasteiger partial charge in [-0.1, -0.05) is 43.7 Å². The molecule has 1 amide bonds. The fraction of sp³-hybridized carbons (Fsp3) is 0.409. The van der Waals surface area contributed by atoms with Gasteiger partial charge in [0.05, 0.1) is 6.54 Å². The van der Waals surface area contributed by atoms with Crippen molar-refractivity contribution in [3.05, 3.63) is 71.3 Å². The molecule has 0 aromatic heterocycles. The van der Waals surface area contributed by atoms with Crippen molar-refractivity contribution in [1.82, 2.24) is 4.90 Å². The van der Waals surface area contributed by atoms with E-state index in [4.69, 9.17) is 0 Å². The molecular weight excluding hydrogens is 378 g/mol. The Morgan fingerprint density at radius 2 is 1.93 bits per heavy atom. The maximum atomic E-state index is 14.1. The van der Waals surface area contributed by atoms with Crippen LogP contribution in [0.3, 0.4) is 0 Å². The van der Waals surface area contributed by atoms with E-state index >= 15 is 0 Å². The second-order valence-electron chi connectivity index (χ2n) is 7.16. The van der Waals surface area contributed by atoms with Crippen LogP contribution in [0.4, 0.5) is 8.78 Å². The Morgan fingerprint density at radius 1 is 1.18 bits per heavy atom. The zero-order valence-electron chi connectivity index (χ0n) is 16.2. The summed E-state index contributed by atoms with van der Waals surface area (Å²) in [5.41, 5.74) is 1.59. The van der Waals surface area contributed by atoms with Crippen molar-refractivity contribution in [3.63, 3.8) is 0 Å². The number of hydrogen-bond donors (Lipinski definition) is 1. The monoisotopic (exact) mass is 405 g/mol. The van der Waals surface area contributed by atoms with Gasteiger partial charge in [-0.25, -0.2) is 8.78 Å². The van der Waals surface area contributed by atoms with E-state index in [1.54, 1.807) is 36.0 Å². The van der Waals surface area contributed by atoms with Crippen LogP contribution in [-0.4, -0.2) is 36.2 Å². The summed E-state index contributed by atoms with van der Waals surface area (Å²) >= 11 is 1.70. The smallest absolute Gasteiger partial charge is 0.278 e. The highest BCUT2D eigenvalue weighted by atomic mass is 32.2. The lowest BCUT2D eigenvalue weighted by atomic mass is 10.1. The predicted molar refractivity (Wildman–Crippen MR) is 109 cm³/mol. The lowest BCUT2D eigenvalue weighted by Crippen LogP contribution is -3.12. The van der Waals surface area contributed by atoms with Crippen molar-refractivity contribution in [3.8, 4) is 0 Å². The van der Waals surface area contributed by atoms with Crippen LogP contribution in [0.15, 0.2) is 48.5 Å². The van der Waals surface area contributed by atoms with Gasteiger partial charge in [0.25, 0.3) is 5.91 Å². The highest BCUT2D eigenvalue weighted by molar-refractivity contribution is 7.99. The molecule has 3 nitrogen and oxygen atoms in total. The molecule has 1 unspecified atom stereocenters. The Hall–Kier alpha value is -1.92. The largest absolute Gasteiger partial charge is 0.323 e. The molecule has 150 valence electrons. The van der Waals surface area contributed by atoms with Gasteiger partial charge in [0.15, 0.2) is 6.54 Å². The Morgan fingerprint density at radius 3 is 2.64 bits per heavy atom. The Labute approximate surface area is 169 Å². The van der Waals surface area contributed by atoms with E-state index in [9.17, 15) is 13.6 Å². The molecule has 1 fully saturated rings. The van der Waals surface area contributed by atoms with Crippen molar-refractivity contribution < 1.29 is 18.5 Å². The average Bonchev–Trinajstić information content (AvgIpc) is 3.18. The highest BCUT2D eigenvalue weighted by Gasteiger charge is 2.32. The number of benzene rings is 2.